The summed E-state index contributed by atoms with van der Waals surface area (Å²) in [5, 5.41) is 0.737. The molecule has 0 spiro atoms. The van der Waals surface area contributed by atoms with Crippen LogP contribution >= 0.6 is 11.6 Å². The number of nitrogens with zero attached hydrogens (tertiary/aromatic N) is 4. The number of ether oxygens (including phenoxy) is 2. The lowest BCUT2D eigenvalue weighted by Crippen LogP contribution is -2.53. The zero-order chi connectivity index (χ0) is 21.1. The standard InChI is InChI=1S/C22H25ClN4O3/c1-29-19-12-16(13-20(15-19)30-2)21(28)27-7-6-24-22(27)26-10-8-25(9-11-26)18-5-3-4-17(23)14-18/h3-5,12-15H,6-11H2,1-2H3. The van der Waals surface area contributed by atoms with Gasteiger partial charge in [-0.25, -0.2) is 0 Å². The fourth-order valence-electron chi connectivity index (χ4n) is 3.82. The number of anilines is 1. The topological polar surface area (TPSA) is 57.6 Å². The largest absolute Gasteiger partial charge is 0.497 e. The van der Waals surface area contributed by atoms with Gasteiger partial charge in [-0.05, 0) is 30.3 Å². The van der Waals surface area contributed by atoms with E-state index in [0.717, 1.165) is 42.8 Å². The first-order chi connectivity index (χ1) is 14.6. The molecule has 1 amide bonds. The van der Waals surface area contributed by atoms with Crippen molar-refractivity contribution in [3.63, 3.8) is 0 Å². The van der Waals surface area contributed by atoms with E-state index in [2.05, 4.69) is 20.9 Å². The third-order valence-electron chi connectivity index (χ3n) is 5.40. The van der Waals surface area contributed by atoms with E-state index in [-0.39, 0.29) is 5.91 Å². The molecule has 8 heteroatoms. The van der Waals surface area contributed by atoms with E-state index in [0.29, 0.717) is 30.2 Å². The highest BCUT2D eigenvalue weighted by Gasteiger charge is 2.31. The van der Waals surface area contributed by atoms with E-state index in [1.165, 1.54) is 0 Å². The zero-order valence-electron chi connectivity index (χ0n) is 17.2. The van der Waals surface area contributed by atoms with Gasteiger partial charge in [-0.2, -0.15) is 0 Å². The molecule has 158 valence electrons. The number of benzene rings is 2. The van der Waals surface area contributed by atoms with Crippen LogP contribution in [-0.4, -0.2) is 75.2 Å². The van der Waals surface area contributed by atoms with Crippen LogP contribution < -0.4 is 14.4 Å². The van der Waals surface area contributed by atoms with Crippen LogP contribution in [0.2, 0.25) is 5.02 Å². The number of methoxy groups -OCH3 is 2. The molecular weight excluding hydrogens is 404 g/mol. The highest BCUT2D eigenvalue weighted by molar-refractivity contribution is 6.30. The molecule has 0 bridgehead atoms. The minimum Gasteiger partial charge on any atom is -0.497 e. The maximum Gasteiger partial charge on any atom is 0.260 e. The van der Waals surface area contributed by atoms with Crippen molar-refractivity contribution in [2.24, 2.45) is 4.99 Å². The number of carbonyl (C=O) groups is 1. The molecule has 30 heavy (non-hydrogen) atoms. The maximum atomic E-state index is 13.2. The molecule has 4 rings (SSSR count). The van der Waals surface area contributed by atoms with Gasteiger partial charge < -0.3 is 19.3 Å². The average Bonchev–Trinajstić information content (AvgIpc) is 3.28. The first kappa shape index (κ1) is 20.3. The van der Waals surface area contributed by atoms with Crippen LogP contribution in [0.5, 0.6) is 11.5 Å². The molecule has 0 N–H and O–H groups in total. The third-order valence-corrected chi connectivity index (χ3v) is 5.63. The summed E-state index contributed by atoms with van der Waals surface area (Å²) < 4.78 is 10.6. The van der Waals surface area contributed by atoms with Crippen LogP contribution in [0.1, 0.15) is 10.4 Å². The number of amides is 1. The molecule has 0 saturated carbocycles. The van der Waals surface area contributed by atoms with Crippen LogP contribution in [0.15, 0.2) is 47.5 Å². The Bertz CT molecular complexity index is 935. The molecule has 1 fully saturated rings. The monoisotopic (exact) mass is 428 g/mol. The molecule has 2 aromatic rings. The van der Waals surface area contributed by atoms with E-state index in [9.17, 15) is 4.79 Å². The van der Waals surface area contributed by atoms with E-state index in [1.807, 2.05) is 18.2 Å². The second-order valence-electron chi connectivity index (χ2n) is 7.19. The highest BCUT2D eigenvalue weighted by atomic mass is 35.5. The fourth-order valence-corrected chi connectivity index (χ4v) is 4.01. The molecule has 0 unspecified atom stereocenters. The van der Waals surface area contributed by atoms with Crippen molar-refractivity contribution in [1.82, 2.24) is 9.80 Å². The summed E-state index contributed by atoms with van der Waals surface area (Å²) in [5.74, 6) is 1.82. The van der Waals surface area contributed by atoms with Crippen molar-refractivity contribution in [1.29, 1.82) is 0 Å². The van der Waals surface area contributed by atoms with Gasteiger partial charge in [0.1, 0.15) is 11.5 Å². The highest BCUT2D eigenvalue weighted by Crippen LogP contribution is 2.25. The molecule has 0 aromatic heterocycles. The molecule has 2 aliphatic heterocycles. The van der Waals surface area contributed by atoms with Gasteiger partial charge in [-0.1, -0.05) is 17.7 Å². The quantitative estimate of drug-likeness (QED) is 0.749. The molecule has 2 heterocycles. The summed E-state index contributed by atoms with van der Waals surface area (Å²) in [6, 6.07) is 13.1. The van der Waals surface area contributed by atoms with Crippen LogP contribution in [-0.2, 0) is 0 Å². The second kappa shape index (κ2) is 8.83. The van der Waals surface area contributed by atoms with Gasteiger partial charge in [0, 0.05) is 55.1 Å². The lowest BCUT2D eigenvalue weighted by molar-refractivity contribution is 0.0842. The van der Waals surface area contributed by atoms with Gasteiger partial charge in [0.2, 0.25) is 5.96 Å². The van der Waals surface area contributed by atoms with Gasteiger partial charge >= 0.3 is 0 Å². The van der Waals surface area contributed by atoms with Crippen molar-refractivity contribution in [3.05, 3.63) is 53.1 Å². The molecular formula is C22H25ClN4O3. The number of hydrogen-bond acceptors (Lipinski definition) is 6. The Kier molecular flexibility index (Phi) is 5.99. The Morgan fingerprint density at radius 2 is 1.60 bits per heavy atom. The lowest BCUT2D eigenvalue weighted by atomic mass is 10.1. The van der Waals surface area contributed by atoms with E-state index in [1.54, 1.807) is 37.3 Å². The zero-order valence-corrected chi connectivity index (χ0v) is 17.9. The van der Waals surface area contributed by atoms with Crippen LogP contribution in [0, 0.1) is 0 Å². The Labute approximate surface area is 181 Å². The minimum atomic E-state index is -0.0966. The SMILES string of the molecule is COc1cc(OC)cc(C(=O)N2CCN=C2N2CCN(c3cccc(Cl)c3)CC2)c1. The Morgan fingerprint density at radius 3 is 2.23 bits per heavy atom. The summed E-state index contributed by atoms with van der Waals surface area (Å²) in [6.07, 6.45) is 0. The number of rotatable bonds is 4. The average molecular weight is 429 g/mol. The molecule has 7 nitrogen and oxygen atoms in total. The smallest absolute Gasteiger partial charge is 0.260 e. The second-order valence-corrected chi connectivity index (χ2v) is 7.63. The van der Waals surface area contributed by atoms with Crippen LogP contribution in [0.3, 0.4) is 0 Å². The van der Waals surface area contributed by atoms with E-state index >= 15 is 0 Å². The number of carbonyl (C=O) groups excluding carboxylic acids is 1. The molecule has 2 aromatic carbocycles. The Hall–Kier alpha value is -2.93. The van der Waals surface area contributed by atoms with Crippen molar-refractivity contribution < 1.29 is 14.3 Å². The van der Waals surface area contributed by atoms with Crippen molar-refractivity contribution >= 4 is 29.2 Å². The Morgan fingerprint density at radius 1 is 0.933 bits per heavy atom. The van der Waals surface area contributed by atoms with Gasteiger partial charge in [0.25, 0.3) is 5.91 Å². The first-order valence-electron chi connectivity index (χ1n) is 9.94. The lowest BCUT2D eigenvalue weighted by Gasteiger charge is -2.38. The number of hydrogen-bond donors (Lipinski definition) is 0. The number of aliphatic imine (C=N–C) groups is 1. The third kappa shape index (κ3) is 4.16. The summed E-state index contributed by atoms with van der Waals surface area (Å²) in [7, 11) is 3.15. The maximum absolute atomic E-state index is 13.2. The minimum absolute atomic E-state index is 0.0966. The van der Waals surface area contributed by atoms with Crippen LogP contribution in [0.25, 0.3) is 0 Å². The van der Waals surface area contributed by atoms with E-state index < -0.39 is 0 Å². The number of halogens is 1. The van der Waals surface area contributed by atoms with Crippen molar-refractivity contribution in [2.45, 2.75) is 0 Å². The summed E-state index contributed by atoms with van der Waals surface area (Å²) in [6.45, 7) is 4.44. The normalized spacial score (nSPS) is 16.5. The summed E-state index contributed by atoms with van der Waals surface area (Å²) >= 11 is 6.13. The molecule has 0 atom stereocenters. The Balaban J connectivity index is 1.46. The molecule has 0 radical (unpaired) electrons. The number of guanidine groups is 1. The van der Waals surface area contributed by atoms with Gasteiger partial charge in [0.15, 0.2) is 0 Å². The molecule has 1 saturated heterocycles. The summed E-state index contributed by atoms with van der Waals surface area (Å²) in [5.41, 5.74) is 1.64. The van der Waals surface area contributed by atoms with Gasteiger partial charge in [-0.15, -0.1) is 0 Å². The first-order valence-corrected chi connectivity index (χ1v) is 10.3. The van der Waals surface area contributed by atoms with Gasteiger partial charge in [-0.3, -0.25) is 14.7 Å². The fraction of sp³-hybridized carbons (Fsp3) is 0.364. The van der Waals surface area contributed by atoms with Crippen LogP contribution in [0.4, 0.5) is 5.69 Å². The summed E-state index contributed by atoms with van der Waals surface area (Å²) in [4.78, 5) is 24.1. The predicted octanol–water partition coefficient (Wildman–Crippen LogP) is 2.99. The van der Waals surface area contributed by atoms with Crippen molar-refractivity contribution in [3.8, 4) is 11.5 Å². The van der Waals surface area contributed by atoms with Crippen molar-refractivity contribution in [2.75, 3.05) is 58.4 Å². The predicted molar refractivity (Wildman–Crippen MR) is 118 cm³/mol. The number of piperazine rings is 1. The van der Waals surface area contributed by atoms with E-state index in [4.69, 9.17) is 21.1 Å². The molecule has 2 aliphatic rings. The molecule has 0 aliphatic carbocycles. The van der Waals surface area contributed by atoms with Gasteiger partial charge in [0.05, 0.1) is 20.8 Å².